The number of benzene rings is 1. The Kier molecular flexibility index (Phi) is 3.69. The number of rotatable bonds is 6. The van der Waals surface area contributed by atoms with Crippen molar-refractivity contribution < 1.29 is 19.2 Å². The fourth-order valence-corrected chi connectivity index (χ4v) is 1.96. The molecule has 0 atom stereocenters. The molecule has 0 radical (unpaired) electrons. The van der Waals surface area contributed by atoms with E-state index < -0.39 is 4.92 Å². The number of hydrogen-bond acceptors (Lipinski definition) is 5. The van der Waals surface area contributed by atoms with Gasteiger partial charge in [0.15, 0.2) is 11.5 Å². The normalized spacial score (nSPS) is 14.0. The average molecular weight is 265 g/mol. The zero-order valence-electron chi connectivity index (χ0n) is 10.8. The molecule has 0 amide bonds. The number of carbonyl (C=O) groups is 1. The number of ether oxygens (including phenoxy) is 2. The van der Waals surface area contributed by atoms with Crippen LogP contribution in [0.3, 0.4) is 0 Å². The number of ketones is 1. The van der Waals surface area contributed by atoms with Crippen molar-refractivity contribution in [3.63, 3.8) is 0 Å². The second-order valence-electron chi connectivity index (χ2n) is 4.51. The molecule has 19 heavy (non-hydrogen) atoms. The van der Waals surface area contributed by atoms with Gasteiger partial charge in [-0.25, -0.2) is 0 Å². The molecule has 0 aromatic heterocycles. The second kappa shape index (κ2) is 5.26. The van der Waals surface area contributed by atoms with E-state index in [1.807, 2.05) is 0 Å². The molecule has 1 aliphatic rings. The summed E-state index contributed by atoms with van der Waals surface area (Å²) in [5.74, 6) is 0.812. The highest BCUT2D eigenvalue weighted by atomic mass is 16.6. The van der Waals surface area contributed by atoms with E-state index in [0.29, 0.717) is 11.3 Å². The van der Waals surface area contributed by atoms with Crippen LogP contribution in [-0.2, 0) is 11.2 Å². The molecule has 0 heterocycles. The summed E-state index contributed by atoms with van der Waals surface area (Å²) < 4.78 is 10.1. The molecule has 1 aromatic rings. The molecular formula is C13H15NO5. The van der Waals surface area contributed by atoms with Crippen LogP contribution < -0.4 is 9.47 Å². The van der Waals surface area contributed by atoms with Crippen molar-refractivity contribution in [3.8, 4) is 11.5 Å². The van der Waals surface area contributed by atoms with Gasteiger partial charge < -0.3 is 9.47 Å². The topological polar surface area (TPSA) is 78.7 Å². The Morgan fingerprint density at radius 3 is 2.37 bits per heavy atom. The predicted molar refractivity (Wildman–Crippen MR) is 67.6 cm³/mol. The number of nitro benzene ring substituents is 1. The molecule has 0 saturated heterocycles. The zero-order chi connectivity index (χ0) is 14.0. The monoisotopic (exact) mass is 265 g/mol. The molecule has 0 unspecified atom stereocenters. The van der Waals surface area contributed by atoms with Crippen LogP contribution in [0.5, 0.6) is 11.5 Å². The first-order chi connectivity index (χ1) is 9.06. The molecule has 1 fully saturated rings. The van der Waals surface area contributed by atoms with Crippen LogP contribution in [0.4, 0.5) is 5.69 Å². The summed E-state index contributed by atoms with van der Waals surface area (Å²) in [5, 5.41) is 11.1. The van der Waals surface area contributed by atoms with Gasteiger partial charge in [0.05, 0.1) is 25.2 Å². The molecule has 0 bridgehead atoms. The van der Waals surface area contributed by atoms with Crippen molar-refractivity contribution in [2.45, 2.75) is 19.3 Å². The number of methoxy groups -OCH3 is 2. The van der Waals surface area contributed by atoms with E-state index in [1.165, 1.54) is 26.4 Å². The van der Waals surface area contributed by atoms with E-state index in [9.17, 15) is 14.9 Å². The Balaban J connectivity index is 2.37. The number of nitrogens with zero attached hydrogens (tertiary/aromatic N) is 1. The molecular weight excluding hydrogens is 250 g/mol. The van der Waals surface area contributed by atoms with Crippen molar-refractivity contribution in [2.75, 3.05) is 14.2 Å². The van der Waals surface area contributed by atoms with Crippen LogP contribution in [0.15, 0.2) is 12.1 Å². The minimum atomic E-state index is -0.503. The van der Waals surface area contributed by atoms with Gasteiger partial charge in [-0.3, -0.25) is 14.9 Å². The Morgan fingerprint density at radius 1 is 1.32 bits per heavy atom. The molecule has 2 rings (SSSR count). The minimum absolute atomic E-state index is 0.0512. The fraction of sp³-hybridized carbons (Fsp3) is 0.462. The van der Waals surface area contributed by atoms with Gasteiger partial charge in [-0.05, 0) is 18.9 Å². The van der Waals surface area contributed by atoms with E-state index in [2.05, 4.69) is 0 Å². The van der Waals surface area contributed by atoms with Gasteiger partial charge in [0, 0.05) is 17.9 Å². The van der Waals surface area contributed by atoms with Crippen LogP contribution in [0.25, 0.3) is 0 Å². The first-order valence-electron chi connectivity index (χ1n) is 5.98. The smallest absolute Gasteiger partial charge is 0.277 e. The van der Waals surface area contributed by atoms with Crippen LogP contribution in [0.2, 0.25) is 0 Å². The molecule has 6 heteroatoms. The van der Waals surface area contributed by atoms with E-state index in [1.54, 1.807) is 0 Å². The van der Waals surface area contributed by atoms with Gasteiger partial charge in [0.1, 0.15) is 5.78 Å². The molecule has 1 aromatic carbocycles. The second-order valence-corrected chi connectivity index (χ2v) is 4.51. The van der Waals surface area contributed by atoms with Gasteiger partial charge in [-0.15, -0.1) is 0 Å². The maximum atomic E-state index is 11.8. The standard InChI is InChI=1S/C13H15NO5/c1-18-12-6-9(5-11(15)8-3-4-8)10(14(16)17)7-13(12)19-2/h6-8H,3-5H2,1-2H3. The summed E-state index contributed by atoms with van der Waals surface area (Å²) in [6.45, 7) is 0. The Hall–Kier alpha value is -2.11. The Bertz CT molecular complexity index is 522. The van der Waals surface area contributed by atoms with Crippen molar-refractivity contribution in [2.24, 2.45) is 5.92 Å². The minimum Gasteiger partial charge on any atom is -0.493 e. The SMILES string of the molecule is COc1cc(CC(=O)C2CC2)c([N+](=O)[O-])cc1OC. The highest BCUT2D eigenvalue weighted by molar-refractivity contribution is 5.86. The van der Waals surface area contributed by atoms with Gasteiger partial charge in [0.25, 0.3) is 5.69 Å². The number of hydrogen-bond donors (Lipinski definition) is 0. The third-order valence-electron chi connectivity index (χ3n) is 3.18. The van der Waals surface area contributed by atoms with Crippen molar-refractivity contribution in [1.29, 1.82) is 0 Å². The highest BCUT2D eigenvalue weighted by Crippen LogP contribution is 2.37. The largest absolute Gasteiger partial charge is 0.493 e. The van der Waals surface area contributed by atoms with Crippen molar-refractivity contribution in [1.82, 2.24) is 0 Å². The lowest BCUT2D eigenvalue weighted by Crippen LogP contribution is -2.08. The van der Waals surface area contributed by atoms with Gasteiger partial charge in [0.2, 0.25) is 0 Å². The summed E-state index contributed by atoms with van der Waals surface area (Å²) in [5.41, 5.74) is 0.270. The first-order valence-corrected chi connectivity index (χ1v) is 5.98. The fourth-order valence-electron chi connectivity index (χ4n) is 1.96. The predicted octanol–water partition coefficient (Wildman–Crippen LogP) is 2.13. The van der Waals surface area contributed by atoms with Gasteiger partial charge in [-0.2, -0.15) is 0 Å². The van der Waals surface area contributed by atoms with E-state index in [4.69, 9.17) is 9.47 Å². The third kappa shape index (κ3) is 2.83. The lowest BCUT2D eigenvalue weighted by Gasteiger charge is -2.10. The summed E-state index contributed by atoms with van der Waals surface area (Å²) >= 11 is 0. The quantitative estimate of drug-likeness (QED) is 0.581. The zero-order valence-corrected chi connectivity index (χ0v) is 10.8. The number of nitro groups is 1. The molecule has 0 N–H and O–H groups in total. The average Bonchev–Trinajstić information content (AvgIpc) is 3.22. The van der Waals surface area contributed by atoms with E-state index >= 15 is 0 Å². The molecule has 0 aliphatic heterocycles. The lowest BCUT2D eigenvalue weighted by atomic mass is 10.0. The van der Waals surface area contributed by atoms with Crippen molar-refractivity contribution >= 4 is 11.5 Å². The maximum absolute atomic E-state index is 11.8. The first kappa shape index (κ1) is 13.3. The molecule has 102 valence electrons. The number of Topliss-reactive ketones (excluding diaryl/α,β-unsaturated/α-hetero) is 1. The lowest BCUT2D eigenvalue weighted by molar-refractivity contribution is -0.385. The van der Waals surface area contributed by atoms with Crippen LogP contribution in [0.1, 0.15) is 18.4 Å². The van der Waals surface area contributed by atoms with Gasteiger partial charge in [-0.1, -0.05) is 0 Å². The molecule has 6 nitrogen and oxygen atoms in total. The number of carbonyl (C=O) groups excluding carboxylic acids is 1. The maximum Gasteiger partial charge on any atom is 0.277 e. The van der Waals surface area contributed by atoms with Crippen molar-refractivity contribution in [3.05, 3.63) is 27.8 Å². The molecule has 0 spiro atoms. The van der Waals surface area contributed by atoms with Crippen LogP contribution in [0, 0.1) is 16.0 Å². The van der Waals surface area contributed by atoms with E-state index in [-0.39, 0.29) is 29.6 Å². The summed E-state index contributed by atoms with van der Waals surface area (Å²) in [6, 6.07) is 2.81. The molecule has 1 aliphatic carbocycles. The summed E-state index contributed by atoms with van der Waals surface area (Å²) in [4.78, 5) is 22.4. The summed E-state index contributed by atoms with van der Waals surface area (Å²) in [6.07, 6.45) is 1.85. The van der Waals surface area contributed by atoms with E-state index in [0.717, 1.165) is 12.8 Å². The highest BCUT2D eigenvalue weighted by Gasteiger charge is 2.31. The van der Waals surface area contributed by atoms with Gasteiger partial charge >= 0.3 is 0 Å². The van der Waals surface area contributed by atoms with Crippen LogP contribution in [-0.4, -0.2) is 24.9 Å². The Morgan fingerprint density at radius 2 is 1.89 bits per heavy atom. The molecule has 1 saturated carbocycles. The Labute approximate surface area is 110 Å². The third-order valence-corrected chi connectivity index (χ3v) is 3.18. The summed E-state index contributed by atoms with van der Waals surface area (Å²) in [7, 11) is 2.87. The van der Waals surface area contributed by atoms with Crippen LogP contribution >= 0.6 is 0 Å².